The summed E-state index contributed by atoms with van der Waals surface area (Å²) in [5, 5.41) is 10.1. The Balaban J connectivity index is 1.84. The van der Waals surface area contributed by atoms with E-state index >= 15 is 0 Å². The van der Waals surface area contributed by atoms with Gasteiger partial charge in [0, 0.05) is 36.3 Å². The van der Waals surface area contributed by atoms with Crippen LogP contribution in [0.1, 0.15) is 30.4 Å². The first kappa shape index (κ1) is 17.2. The minimum Gasteiger partial charge on any atom is -0.493 e. The number of benzene rings is 1. The number of rotatable bonds is 4. The molecular weight excluding hydrogens is 338 g/mol. The molecule has 136 valence electrons. The molecule has 1 N–H and O–H groups in total. The van der Waals surface area contributed by atoms with E-state index in [-0.39, 0.29) is 11.5 Å². The fourth-order valence-electron chi connectivity index (χ4n) is 4.91. The first-order valence-electron chi connectivity index (χ1n) is 9.15. The zero-order chi connectivity index (χ0) is 17.7. The van der Waals surface area contributed by atoms with E-state index < -0.39 is 6.10 Å². The zero-order valence-corrected chi connectivity index (χ0v) is 15.8. The van der Waals surface area contributed by atoms with Crippen LogP contribution in [0.5, 0.6) is 11.5 Å². The van der Waals surface area contributed by atoms with Crippen LogP contribution in [0.25, 0.3) is 0 Å². The van der Waals surface area contributed by atoms with E-state index in [1.54, 1.807) is 7.11 Å². The highest BCUT2D eigenvalue weighted by molar-refractivity contribution is 6.17. The van der Waals surface area contributed by atoms with Gasteiger partial charge in [-0.2, -0.15) is 0 Å². The molecule has 1 spiro atoms. The number of nitrogens with zero attached hydrogens (tertiary/aromatic N) is 1. The van der Waals surface area contributed by atoms with Crippen molar-refractivity contribution in [3.05, 3.63) is 35.4 Å². The SMILES string of the molecule is COc1ccc2c3c1O[C@H]1C[C@@H](O)C=C[C@@]31CC[N+](C)(CCCCl)C2. The number of ether oxygens (including phenoxy) is 2. The van der Waals surface area contributed by atoms with E-state index in [2.05, 4.69) is 19.2 Å². The number of aliphatic hydroxyl groups is 1. The first-order chi connectivity index (χ1) is 12.0. The van der Waals surface area contributed by atoms with Crippen LogP contribution < -0.4 is 9.47 Å². The topological polar surface area (TPSA) is 38.7 Å². The fraction of sp³-hybridized carbons (Fsp3) is 0.600. The predicted molar refractivity (Wildman–Crippen MR) is 98.4 cm³/mol. The highest BCUT2D eigenvalue weighted by atomic mass is 35.5. The van der Waals surface area contributed by atoms with Gasteiger partial charge in [0.05, 0.1) is 38.8 Å². The molecule has 2 aliphatic heterocycles. The normalized spacial score (nSPS) is 35.5. The van der Waals surface area contributed by atoms with Crippen molar-refractivity contribution < 1.29 is 19.1 Å². The maximum absolute atomic E-state index is 10.1. The quantitative estimate of drug-likeness (QED) is 0.507. The summed E-state index contributed by atoms with van der Waals surface area (Å²) in [5.74, 6) is 2.39. The van der Waals surface area contributed by atoms with Gasteiger partial charge in [-0.05, 0) is 12.1 Å². The molecule has 0 amide bonds. The summed E-state index contributed by atoms with van der Waals surface area (Å²) in [6.07, 6.45) is 6.39. The molecule has 0 fully saturated rings. The predicted octanol–water partition coefficient (Wildman–Crippen LogP) is 2.99. The van der Waals surface area contributed by atoms with Gasteiger partial charge in [0.15, 0.2) is 11.5 Å². The smallest absolute Gasteiger partial charge is 0.166 e. The number of hydrogen-bond acceptors (Lipinski definition) is 3. The Morgan fingerprint density at radius 1 is 1.44 bits per heavy atom. The van der Waals surface area contributed by atoms with Crippen LogP contribution in [-0.4, -0.2) is 54.9 Å². The average molecular weight is 365 g/mol. The van der Waals surface area contributed by atoms with Crippen LogP contribution in [0.2, 0.25) is 0 Å². The average Bonchev–Trinajstić information content (AvgIpc) is 2.87. The van der Waals surface area contributed by atoms with Gasteiger partial charge < -0.3 is 19.1 Å². The molecule has 4 nitrogen and oxygen atoms in total. The summed E-state index contributed by atoms with van der Waals surface area (Å²) in [5.41, 5.74) is 2.48. The van der Waals surface area contributed by atoms with Crippen LogP contribution in [0.4, 0.5) is 0 Å². The van der Waals surface area contributed by atoms with Gasteiger partial charge in [-0.15, -0.1) is 11.6 Å². The van der Waals surface area contributed by atoms with Gasteiger partial charge in [-0.25, -0.2) is 0 Å². The van der Waals surface area contributed by atoms with Crippen molar-refractivity contribution in [2.75, 3.05) is 33.1 Å². The molecule has 1 aromatic carbocycles. The third kappa shape index (κ3) is 2.66. The highest BCUT2D eigenvalue weighted by Gasteiger charge is 2.54. The Hall–Kier alpha value is -1.23. The second-order valence-corrected chi connectivity index (χ2v) is 8.34. The molecule has 1 unspecified atom stereocenters. The Labute approximate surface area is 154 Å². The van der Waals surface area contributed by atoms with Crippen molar-refractivity contribution in [3.8, 4) is 11.5 Å². The Bertz CT molecular complexity index is 706. The van der Waals surface area contributed by atoms with Gasteiger partial charge in [0.2, 0.25) is 0 Å². The summed E-state index contributed by atoms with van der Waals surface area (Å²) >= 11 is 5.97. The molecular formula is C20H27ClNO3+. The second kappa shape index (κ2) is 6.19. The molecule has 5 heteroatoms. The molecule has 0 saturated heterocycles. The monoisotopic (exact) mass is 364 g/mol. The number of quaternary nitrogens is 1. The number of halogens is 1. The molecule has 1 aromatic rings. The van der Waals surface area contributed by atoms with Crippen molar-refractivity contribution in [3.63, 3.8) is 0 Å². The zero-order valence-electron chi connectivity index (χ0n) is 15.0. The maximum atomic E-state index is 10.1. The second-order valence-electron chi connectivity index (χ2n) is 7.96. The van der Waals surface area contributed by atoms with E-state index in [1.807, 2.05) is 12.1 Å². The van der Waals surface area contributed by atoms with E-state index in [4.69, 9.17) is 21.1 Å². The van der Waals surface area contributed by atoms with Crippen molar-refractivity contribution in [1.82, 2.24) is 0 Å². The molecule has 0 saturated carbocycles. The standard InChI is InChI=1S/C20H27ClNO3/c1-22(10-3-9-21)11-8-20-7-6-15(23)12-17(20)25-19-16(24-2)5-4-14(13-22)18(19)20/h4-7,15,17,23H,3,8-13H2,1-2H3/q+1/t15-,17-,20-,22?/m0/s1. The van der Waals surface area contributed by atoms with Gasteiger partial charge in [-0.3, -0.25) is 0 Å². The Morgan fingerprint density at radius 3 is 3.04 bits per heavy atom. The maximum Gasteiger partial charge on any atom is 0.166 e. The van der Waals surface area contributed by atoms with Crippen molar-refractivity contribution >= 4 is 11.6 Å². The third-order valence-electron chi connectivity index (χ3n) is 6.25. The lowest BCUT2D eigenvalue weighted by Crippen LogP contribution is -2.47. The molecule has 2 heterocycles. The van der Waals surface area contributed by atoms with Crippen LogP contribution in [0.3, 0.4) is 0 Å². The molecule has 4 rings (SSSR count). The largest absolute Gasteiger partial charge is 0.493 e. The number of alkyl halides is 1. The number of aliphatic hydroxyl groups excluding tert-OH is 1. The third-order valence-corrected chi connectivity index (χ3v) is 6.52. The Morgan fingerprint density at radius 2 is 2.28 bits per heavy atom. The molecule has 4 atom stereocenters. The minimum atomic E-state index is -0.431. The molecule has 0 radical (unpaired) electrons. The lowest BCUT2D eigenvalue weighted by atomic mass is 9.69. The van der Waals surface area contributed by atoms with Crippen LogP contribution in [-0.2, 0) is 12.0 Å². The van der Waals surface area contributed by atoms with Crippen molar-refractivity contribution in [2.24, 2.45) is 0 Å². The molecule has 25 heavy (non-hydrogen) atoms. The summed E-state index contributed by atoms with van der Waals surface area (Å²) in [6, 6.07) is 4.23. The lowest BCUT2D eigenvalue weighted by Gasteiger charge is -2.37. The number of hydrogen-bond donors (Lipinski definition) is 1. The molecule has 1 aliphatic carbocycles. The summed E-state index contributed by atoms with van der Waals surface area (Å²) in [6.45, 7) is 3.14. The van der Waals surface area contributed by atoms with Gasteiger partial charge >= 0.3 is 0 Å². The number of methoxy groups -OCH3 is 1. The molecule has 0 aromatic heterocycles. The van der Waals surface area contributed by atoms with Gasteiger partial charge in [-0.1, -0.05) is 12.2 Å². The summed E-state index contributed by atoms with van der Waals surface area (Å²) in [7, 11) is 4.02. The molecule has 3 aliphatic rings. The van der Waals surface area contributed by atoms with Crippen LogP contribution in [0, 0.1) is 0 Å². The van der Waals surface area contributed by atoms with E-state index in [0.717, 1.165) is 48.5 Å². The minimum absolute atomic E-state index is 0.0165. The molecule has 0 bridgehead atoms. The lowest BCUT2D eigenvalue weighted by molar-refractivity contribution is -0.922. The van der Waals surface area contributed by atoms with Gasteiger partial charge in [0.1, 0.15) is 12.6 Å². The highest BCUT2D eigenvalue weighted by Crippen LogP contribution is 2.56. The van der Waals surface area contributed by atoms with E-state index in [9.17, 15) is 5.11 Å². The van der Waals surface area contributed by atoms with Crippen LogP contribution >= 0.6 is 11.6 Å². The summed E-state index contributed by atoms with van der Waals surface area (Å²) < 4.78 is 12.9. The Kier molecular flexibility index (Phi) is 4.25. The van der Waals surface area contributed by atoms with E-state index in [0.29, 0.717) is 12.3 Å². The fourth-order valence-corrected chi connectivity index (χ4v) is 5.03. The van der Waals surface area contributed by atoms with Crippen LogP contribution in [0.15, 0.2) is 24.3 Å². The van der Waals surface area contributed by atoms with Crippen molar-refractivity contribution in [1.29, 1.82) is 0 Å². The first-order valence-corrected chi connectivity index (χ1v) is 9.69. The van der Waals surface area contributed by atoms with E-state index in [1.165, 1.54) is 11.1 Å². The summed E-state index contributed by atoms with van der Waals surface area (Å²) in [4.78, 5) is 0. The van der Waals surface area contributed by atoms with Gasteiger partial charge in [0.25, 0.3) is 0 Å². The van der Waals surface area contributed by atoms with Crippen molar-refractivity contribution in [2.45, 2.75) is 43.4 Å².